The SMILES string of the molecule is COc1ccc([N+](=O)[O-])cc1OCC(=O)N(C)Cc1ccc(OC(F)F)cc1. The zero-order valence-corrected chi connectivity index (χ0v) is 15.1. The molecule has 0 fully saturated rings. The normalized spacial score (nSPS) is 10.5. The van der Waals surface area contributed by atoms with E-state index in [2.05, 4.69) is 4.74 Å². The van der Waals surface area contributed by atoms with Crippen LogP contribution in [0.2, 0.25) is 0 Å². The fourth-order valence-corrected chi connectivity index (χ4v) is 2.28. The summed E-state index contributed by atoms with van der Waals surface area (Å²) in [5, 5.41) is 10.9. The van der Waals surface area contributed by atoms with Crippen LogP contribution in [-0.2, 0) is 11.3 Å². The number of non-ortho nitro benzene ring substituents is 1. The molecule has 0 spiro atoms. The van der Waals surface area contributed by atoms with Crippen LogP contribution in [0.1, 0.15) is 5.56 Å². The van der Waals surface area contributed by atoms with E-state index in [4.69, 9.17) is 9.47 Å². The van der Waals surface area contributed by atoms with Crippen molar-refractivity contribution in [2.24, 2.45) is 0 Å². The Morgan fingerprint density at radius 1 is 1.18 bits per heavy atom. The Morgan fingerprint density at radius 3 is 2.43 bits per heavy atom. The number of amides is 1. The van der Waals surface area contributed by atoms with Crippen molar-refractivity contribution >= 4 is 11.6 Å². The largest absolute Gasteiger partial charge is 0.493 e. The lowest BCUT2D eigenvalue weighted by molar-refractivity contribution is -0.385. The van der Waals surface area contributed by atoms with Gasteiger partial charge in [0, 0.05) is 19.7 Å². The van der Waals surface area contributed by atoms with Crippen molar-refractivity contribution in [2.45, 2.75) is 13.2 Å². The van der Waals surface area contributed by atoms with E-state index in [0.29, 0.717) is 5.56 Å². The number of nitro groups is 1. The number of benzene rings is 2. The van der Waals surface area contributed by atoms with Crippen molar-refractivity contribution in [1.82, 2.24) is 4.90 Å². The minimum Gasteiger partial charge on any atom is -0.493 e. The van der Waals surface area contributed by atoms with Gasteiger partial charge in [0.2, 0.25) is 0 Å². The summed E-state index contributed by atoms with van der Waals surface area (Å²) in [4.78, 5) is 23.9. The molecule has 1 amide bonds. The van der Waals surface area contributed by atoms with Crippen molar-refractivity contribution in [3.8, 4) is 17.2 Å². The quantitative estimate of drug-likeness (QED) is 0.477. The maximum absolute atomic E-state index is 12.3. The summed E-state index contributed by atoms with van der Waals surface area (Å²) < 4.78 is 39.0. The van der Waals surface area contributed by atoms with Crippen LogP contribution in [0.4, 0.5) is 14.5 Å². The first-order valence-electron chi connectivity index (χ1n) is 8.03. The van der Waals surface area contributed by atoms with Gasteiger partial charge in [0.1, 0.15) is 5.75 Å². The summed E-state index contributed by atoms with van der Waals surface area (Å²) in [5.74, 6) is -0.0297. The minimum absolute atomic E-state index is 0.0221. The number of likely N-dealkylation sites (N-methyl/N-ethyl adjacent to an activating group) is 1. The van der Waals surface area contributed by atoms with Gasteiger partial charge < -0.3 is 19.1 Å². The Hall–Kier alpha value is -3.43. The molecule has 8 nitrogen and oxygen atoms in total. The van der Waals surface area contributed by atoms with E-state index in [1.807, 2.05) is 0 Å². The van der Waals surface area contributed by atoms with Gasteiger partial charge in [-0.25, -0.2) is 0 Å². The van der Waals surface area contributed by atoms with Crippen molar-refractivity contribution in [3.63, 3.8) is 0 Å². The first-order chi connectivity index (χ1) is 13.3. The van der Waals surface area contributed by atoms with E-state index >= 15 is 0 Å². The Kier molecular flexibility index (Phi) is 7.08. The Bertz CT molecular complexity index is 829. The third-order valence-electron chi connectivity index (χ3n) is 3.70. The van der Waals surface area contributed by atoms with Gasteiger partial charge in [-0.2, -0.15) is 8.78 Å². The van der Waals surface area contributed by atoms with Crippen molar-refractivity contribution in [3.05, 3.63) is 58.1 Å². The van der Waals surface area contributed by atoms with E-state index in [9.17, 15) is 23.7 Å². The number of carbonyl (C=O) groups is 1. The molecule has 0 N–H and O–H groups in total. The third kappa shape index (κ3) is 5.79. The van der Waals surface area contributed by atoms with Gasteiger partial charge in [0.25, 0.3) is 11.6 Å². The summed E-state index contributed by atoms with van der Waals surface area (Å²) in [6.45, 7) is -3.05. The number of carbonyl (C=O) groups excluding carboxylic acids is 1. The summed E-state index contributed by atoms with van der Waals surface area (Å²) in [6.07, 6.45) is 0. The zero-order chi connectivity index (χ0) is 20.7. The highest BCUT2D eigenvalue weighted by Crippen LogP contribution is 2.31. The Labute approximate surface area is 159 Å². The second-order valence-corrected chi connectivity index (χ2v) is 5.65. The predicted molar refractivity (Wildman–Crippen MR) is 94.7 cm³/mol. The van der Waals surface area contributed by atoms with Crippen LogP contribution in [-0.4, -0.2) is 43.1 Å². The number of halogens is 2. The minimum atomic E-state index is -2.90. The molecule has 2 aromatic rings. The summed E-state index contributed by atoms with van der Waals surface area (Å²) >= 11 is 0. The van der Waals surface area contributed by atoms with Crippen LogP contribution in [0.5, 0.6) is 17.2 Å². The van der Waals surface area contributed by atoms with Crippen LogP contribution < -0.4 is 14.2 Å². The van der Waals surface area contributed by atoms with E-state index in [0.717, 1.165) is 0 Å². The lowest BCUT2D eigenvalue weighted by Gasteiger charge is -2.18. The smallest absolute Gasteiger partial charge is 0.387 e. The maximum Gasteiger partial charge on any atom is 0.387 e. The molecule has 0 saturated carbocycles. The lowest BCUT2D eigenvalue weighted by atomic mass is 10.2. The number of methoxy groups -OCH3 is 1. The average molecular weight is 396 g/mol. The van der Waals surface area contributed by atoms with Gasteiger partial charge in [-0.1, -0.05) is 12.1 Å². The number of nitro benzene ring substituents is 1. The van der Waals surface area contributed by atoms with E-state index in [1.165, 1.54) is 42.3 Å². The maximum atomic E-state index is 12.3. The number of ether oxygens (including phenoxy) is 3. The lowest BCUT2D eigenvalue weighted by Crippen LogP contribution is -2.31. The zero-order valence-electron chi connectivity index (χ0n) is 15.1. The predicted octanol–water partition coefficient (Wildman–Crippen LogP) is 3.24. The highest BCUT2D eigenvalue weighted by atomic mass is 19.3. The molecule has 150 valence electrons. The number of nitrogens with zero attached hydrogens (tertiary/aromatic N) is 2. The molecule has 0 aliphatic heterocycles. The molecule has 0 aromatic heterocycles. The van der Waals surface area contributed by atoms with Crippen LogP contribution in [0.25, 0.3) is 0 Å². The number of alkyl halides is 2. The van der Waals surface area contributed by atoms with E-state index in [1.54, 1.807) is 19.2 Å². The summed E-state index contributed by atoms with van der Waals surface area (Å²) in [7, 11) is 2.92. The summed E-state index contributed by atoms with van der Waals surface area (Å²) in [6, 6.07) is 9.70. The number of hydrogen-bond acceptors (Lipinski definition) is 6. The van der Waals surface area contributed by atoms with Crippen molar-refractivity contribution < 1.29 is 32.7 Å². The van der Waals surface area contributed by atoms with E-state index in [-0.39, 0.29) is 42.0 Å². The standard InChI is InChI=1S/C18H18F2N2O6/c1-21(10-12-3-6-14(7-4-12)28-18(19)20)17(23)11-27-16-9-13(22(24)25)5-8-15(16)26-2/h3-9,18H,10-11H2,1-2H3. The second-order valence-electron chi connectivity index (χ2n) is 5.65. The van der Waals surface area contributed by atoms with Gasteiger partial charge in [-0.05, 0) is 23.8 Å². The van der Waals surface area contributed by atoms with Gasteiger partial charge in [0.15, 0.2) is 18.1 Å². The molecule has 0 bridgehead atoms. The highest BCUT2D eigenvalue weighted by Gasteiger charge is 2.16. The number of rotatable bonds is 9. The molecule has 28 heavy (non-hydrogen) atoms. The molecule has 0 unspecified atom stereocenters. The second kappa shape index (κ2) is 9.49. The third-order valence-corrected chi connectivity index (χ3v) is 3.70. The molecule has 0 aliphatic rings. The molecule has 2 aromatic carbocycles. The van der Waals surface area contributed by atoms with Crippen LogP contribution in [0.15, 0.2) is 42.5 Å². The van der Waals surface area contributed by atoms with E-state index < -0.39 is 11.5 Å². The molecule has 2 rings (SSSR count). The molecule has 0 saturated heterocycles. The molecular formula is C18H18F2N2O6. The highest BCUT2D eigenvalue weighted by molar-refractivity contribution is 5.77. The van der Waals surface area contributed by atoms with Gasteiger partial charge in [0.05, 0.1) is 18.1 Å². The van der Waals surface area contributed by atoms with Crippen molar-refractivity contribution in [2.75, 3.05) is 20.8 Å². The summed E-state index contributed by atoms with van der Waals surface area (Å²) in [5.41, 5.74) is 0.508. The van der Waals surface area contributed by atoms with Crippen LogP contribution in [0, 0.1) is 10.1 Å². The first-order valence-corrected chi connectivity index (χ1v) is 8.03. The topological polar surface area (TPSA) is 91.1 Å². The molecule has 0 radical (unpaired) electrons. The first kappa shape index (κ1) is 20.9. The van der Waals surface area contributed by atoms with Gasteiger partial charge >= 0.3 is 6.61 Å². The molecule has 0 aliphatic carbocycles. The van der Waals surface area contributed by atoms with Gasteiger partial charge in [-0.3, -0.25) is 14.9 Å². The van der Waals surface area contributed by atoms with Crippen LogP contribution in [0.3, 0.4) is 0 Å². The molecule has 10 heteroatoms. The van der Waals surface area contributed by atoms with Crippen LogP contribution >= 0.6 is 0 Å². The van der Waals surface area contributed by atoms with Gasteiger partial charge in [-0.15, -0.1) is 0 Å². The molecular weight excluding hydrogens is 378 g/mol. The fraction of sp³-hybridized carbons (Fsp3) is 0.278. The average Bonchev–Trinajstić information content (AvgIpc) is 2.66. The Balaban J connectivity index is 1.95. The molecule has 0 heterocycles. The fourth-order valence-electron chi connectivity index (χ4n) is 2.28. The Morgan fingerprint density at radius 2 is 1.86 bits per heavy atom. The molecule has 0 atom stereocenters. The number of hydrogen-bond donors (Lipinski definition) is 0. The van der Waals surface area contributed by atoms with Crippen molar-refractivity contribution in [1.29, 1.82) is 0 Å². The monoisotopic (exact) mass is 396 g/mol.